The van der Waals surface area contributed by atoms with Crippen LogP contribution in [-0.4, -0.2) is 31.1 Å². The van der Waals surface area contributed by atoms with Gasteiger partial charge < -0.3 is 5.21 Å². The summed E-state index contributed by atoms with van der Waals surface area (Å²) in [5.41, 5.74) is 2.04. The van der Waals surface area contributed by atoms with Crippen LogP contribution in [0, 0.1) is 5.21 Å². The lowest BCUT2D eigenvalue weighted by Gasteiger charge is -2.29. The Morgan fingerprint density at radius 3 is 2.33 bits per heavy atom. The number of thioether (sulfide) groups is 1. The first-order chi connectivity index (χ1) is 11.5. The minimum atomic E-state index is -0.338. The highest BCUT2D eigenvalue weighted by Crippen LogP contribution is 2.42. The zero-order chi connectivity index (χ0) is 17.2. The zero-order valence-corrected chi connectivity index (χ0v) is 15.4. The summed E-state index contributed by atoms with van der Waals surface area (Å²) >= 11 is 7.15. The van der Waals surface area contributed by atoms with Crippen molar-refractivity contribution in [2.45, 2.75) is 31.3 Å². The van der Waals surface area contributed by atoms with Gasteiger partial charge in [0.05, 0.1) is 6.54 Å². The summed E-state index contributed by atoms with van der Waals surface area (Å²) in [5, 5.41) is 12.9. The molecule has 2 aromatic rings. The molecule has 1 saturated heterocycles. The highest BCUT2D eigenvalue weighted by atomic mass is 32.2. The van der Waals surface area contributed by atoms with Crippen molar-refractivity contribution in [3.8, 4) is 0 Å². The lowest BCUT2D eigenvalue weighted by molar-refractivity contribution is -0.524. The van der Waals surface area contributed by atoms with Gasteiger partial charge in [-0.15, -0.1) is 0 Å². The van der Waals surface area contributed by atoms with E-state index in [2.05, 4.69) is 26.0 Å². The molecule has 2 aromatic carbocycles. The number of thiocarbonyl (C=S) groups is 1. The molecule has 1 aliphatic heterocycles. The number of hydrogen-bond acceptors (Lipinski definition) is 3. The van der Waals surface area contributed by atoms with Gasteiger partial charge in [-0.25, -0.2) is 0 Å². The fourth-order valence-electron chi connectivity index (χ4n) is 2.94. The largest absolute Gasteiger partial charge is 0.622 e. The Balaban J connectivity index is 1.92. The molecule has 1 atom stereocenters. The van der Waals surface area contributed by atoms with Crippen molar-refractivity contribution < 1.29 is 4.74 Å². The summed E-state index contributed by atoms with van der Waals surface area (Å²) in [5.74, 6) is 0. The second-order valence-electron chi connectivity index (χ2n) is 6.36. The molecule has 1 unspecified atom stereocenters. The highest BCUT2D eigenvalue weighted by molar-refractivity contribution is 8.24. The summed E-state index contributed by atoms with van der Waals surface area (Å²) in [6, 6.07) is 19.8. The summed E-state index contributed by atoms with van der Waals surface area (Å²) in [7, 11) is 0. The van der Waals surface area contributed by atoms with E-state index in [0.717, 1.165) is 20.2 Å². The molecule has 0 radical (unpaired) electrons. The van der Waals surface area contributed by atoms with Gasteiger partial charge in [0.2, 0.25) is 0 Å². The fraction of sp³-hybridized carbons (Fsp3) is 0.263. The molecule has 1 aliphatic rings. The van der Waals surface area contributed by atoms with Gasteiger partial charge >= 0.3 is 0 Å². The van der Waals surface area contributed by atoms with E-state index in [9.17, 15) is 5.21 Å². The van der Waals surface area contributed by atoms with Crippen molar-refractivity contribution >= 4 is 34.5 Å². The minimum absolute atomic E-state index is 0.279. The van der Waals surface area contributed by atoms with Crippen LogP contribution in [-0.2, 0) is 6.54 Å². The summed E-state index contributed by atoms with van der Waals surface area (Å²) in [4.78, 5) is 2.03. The maximum atomic E-state index is 12.9. The molecular formula is C19H20N2OS2. The number of hydrogen-bond donors (Lipinski definition) is 0. The molecule has 0 saturated carbocycles. The number of hydroxylamine groups is 1. The summed E-state index contributed by atoms with van der Waals surface area (Å²) in [6.07, 6.45) is 1.31. The fourth-order valence-corrected chi connectivity index (χ4v) is 4.82. The molecule has 0 spiro atoms. The molecule has 0 aliphatic carbocycles. The van der Waals surface area contributed by atoms with Crippen molar-refractivity contribution in [3.63, 3.8) is 0 Å². The average Bonchev–Trinajstić information content (AvgIpc) is 2.78. The zero-order valence-electron chi connectivity index (χ0n) is 13.8. The van der Waals surface area contributed by atoms with Crippen molar-refractivity contribution in [2.75, 3.05) is 0 Å². The van der Waals surface area contributed by atoms with Gasteiger partial charge in [0.25, 0.3) is 6.17 Å². The normalized spacial score (nSPS) is 20.4. The van der Waals surface area contributed by atoms with Crippen LogP contribution in [0.1, 0.15) is 25.0 Å². The second-order valence-corrected chi connectivity index (χ2v) is 8.65. The Hall–Kier alpha value is -1.85. The third kappa shape index (κ3) is 3.62. The van der Waals surface area contributed by atoms with E-state index >= 15 is 0 Å². The molecule has 0 amide bonds. The van der Waals surface area contributed by atoms with E-state index < -0.39 is 0 Å². The van der Waals surface area contributed by atoms with Gasteiger partial charge in [0.15, 0.2) is 6.21 Å². The first kappa shape index (κ1) is 17.0. The summed E-state index contributed by atoms with van der Waals surface area (Å²) < 4.78 is 1.54. The molecule has 24 heavy (non-hydrogen) atoms. The van der Waals surface area contributed by atoms with Crippen molar-refractivity contribution in [2.24, 2.45) is 0 Å². The Bertz CT molecular complexity index is 744. The average molecular weight is 357 g/mol. The number of nitrogens with zero attached hydrogens (tertiary/aromatic N) is 2. The van der Waals surface area contributed by atoms with Gasteiger partial charge in [-0.2, -0.15) is 4.74 Å². The Morgan fingerprint density at radius 1 is 1.12 bits per heavy atom. The van der Waals surface area contributed by atoms with E-state index in [1.165, 1.54) is 0 Å². The predicted octanol–water partition coefficient (Wildman–Crippen LogP) is 4.25. The molecule has 1 heterocycles. The SMILES string of the molecule is CC1(C)SC(=S)N(Cc2ccccc2)C1[N+]([O-])=Cc1ccccc1. The van der Waals surface area contributed by atoms with Crippen molar-refractivity contribution in [1.29, 1.82) is 0 Å². The lowest BCUT2D eigenvalue weighted by atomic mass is 10.1. The van der Waals surface area contributed by atoms with E-state index in [0.29, 0.717) is 6.54 Å². The van der Waals surface area contributed by atoms with Crippen LogP contribution in [0.15, 0.2) is 60.7 Å². The summed E-state index contributed by atoms with van der Waals surface area (Å²) in [6.45, 7) is 4.79. The van der Waals surface area contributed by atoms with Crippen molar-refractivity contribution in [3.05, 3.63) is 77.0 Å². The molecular weight excluding hydrogens is 336 g/mol. The van der Waals surface area contributed by atoms with Crippen LogP contribution < -0.4 is 0 Å². The molecule has 0 N–H and O–H groups in total. The maximum Gasteiger partial charge on any atom is 0.254 e. The van der Waals surface area contributed by atoms with Gasteiger partial charge in [-0.1, -0.05) is 72.5 Å². The smallest absolute Gasteiger partial charge is 0.254 e. The quantitative estimate of drug-likeness (QED) is 0.269. The molecule has 124 valence electrons. The standard InChI is InChI=1S/C19H20N2OS2/c1-19(2)17(21(22)14-16-11-7-4-8-12-16)20(18(23)24-19)13-15-9-5-3-6-10-15/h3-12,14,17H,13H2,1-2H3. The Labute approximate surface area is 152 Å². The Morgan fingerprint density at radius 2 is 1.71 bits per heavy atom. The third-order valence-corrected chi connectivity index (χ3v) is 5.65. The van der Waals surface area contributed by atoms with Gasteiger partial charge in [0, 0.05) is 5.56 Å². The molecule has 3 nitrogen and oxygen atoms in total. The van der Waals surface area contributed by atoms with Crippen molar-refractivity contribution in [1.82, 2.24) is 4.90 Å². The van der Waals surface area contributed by atoms with E-state index in [-0.39, 0.29) is 10.9 Å². The van der Waals surface area contributed by atoms with Crippen LogP contribution in [0.3, 0.4) is 0 Å². The number of rotatable bonds is 4. The van der Waals surface area contributed by atoms with Crippen LogP contribution in [0.4, 0.5) is 0 Å². The monoisotopic (exact) mass is 356 g/mol. The lowest BCUT2D eigenvalue weighted by Crippen LogP contribution is -2.47. The molecule has 1 fully saturated rings. The second kappa shape index (κ2) is 6.95. The van der Waals surface area contributed by atoms with Crippen LogP contribution in [0.25, 0.3) is 0 Å². The highest BCUT2D eigenvalue weighted by Gasteiger charge is 2.50. The topological polar surface area (TPSA) is 29.3 Å². The molecule has 0 bridgehead atoms. The van der Waals surface area contributed by atoms with Gasteiger partial charge in [-0.05, 0) is 31.5 Å². The van der Waals surface area contributed by atoms with E-state index in [4.69, 9.17) is 12.2 Å². The molecule has 3 rings (SSSR count). The maximum absolute atomic E-state index is 12.9. The van der Waals surface area contributed by atoms with E-state index in [1.54, 1.807) is 18.0 Å². The van der Waals surface area contributed by atoms with Gasteiger partial charge in [0.1, 0.15) is 9.07 Å². The third-order valence-electron chi connectivity index (χ3n) is 4.01. The predicted molar refractivity (Wildman–Crippen MR) is 105 cm³/mol. The molecule has 5 heteroatoms. The first-order valence-corrected chi connectivity index (χ1v) is 9.09. The number of benzene rings is 2. The van der Waals surface area contributed by atoms with Crippen LogP contribution in [0.2, 0.25) is 0 Å². The molecule has 0 aromatic heterocycles. The van der Waals surface area contributed by atoms with Crippen LogP contribution >= 0.6 is 24.0 Å². The first-order valence-electron chi connectivity index (χ1n) is 7.86. The minimum Gasteiger partial charge on any atom is -0.622 e. The van der Waals surface area contributed by atoms with E-state index in [1.807, 2.05) is 53.4 Å². The van der Waals surface area contributed by atoms with Gasteiger partial charge in [-0.3, -0.25) is 4.90 Å². The Kier molecular flexibility index (Phi) is 4.92. The van der Waals surface area contributed by atoms with Crippen LogP contribution in [0.5, 0.6) is 0 Å².